The molecule has 2 heterocycles. The number of sulfonamides is 1. The molecule has 1 saturated heterocycles. The molecule has 1 aliphatic heterocycles. The summed E-state index contributed by atoms with van der Waals surface area (Å²) in [4.78, 5) is 6.88. The van der Waals surface area contributed by atoms with E-state index in [1.807, 2.05) is 4.72 Å². The van der Waals surface area contributed by atoms with Gasteiger partial charge in [0.05, 0.1) is 17.4 Å². The molecule has 1 fully saturated rings. The zero-order valence-corrected chi connectivity index (χ0v) is 21.2. The van der Waals surface area contributed by atoms with Crippen LogP contribution in [-0.4, -0.2) is 44.1 Å². The van der Waals surface area contributed by atoms with E-state index in [0.717, 1.165) is 12.1 Å². The van der Waals surface area contributed by atoms with Gasteiger partial charge in [0, 0.05) is 30.5 Å². The van der Waals surface area contributed by atoms with Crippen molar-refractivity contribution >= 4 is 34.1 Å². The molecule has 1 aromatic heterocycles. The Balaban J connectivity index is 1.82. The van der Waals surface area contributed by atoms with Gasteiger partial charge in [0.25, 0.3) is 10.0 Å². The first kappa shape index (κ1) is 27.1. The van der Waals surface area contributed by atoms with Gasteiger partial charge in [-0.3, -0.25) is 9.40 Å². The minimum absolute atomic E-state index is 0.0195. The Morgan fingerprint density at radius 2 is 1.97 bits per heavy atom. The number of ether oxygens (including phenoxy) is 1. The summed E-state index contributed by atoms with van der Waals surface area (Å²) in [6.07, 6.45) is 4.72. The van der Waals surface area contributed by atoms with E-state index in [1.165, 1.54) is 12.1 Å². The van der Waals surface area contributed by atoms with E-state index in [2.05, 4.69) is 21.8 Å². The standard InChI is InChI=1S/C25H25F3N6O3S/c1-3-20(31-25(29)30-2)18-14-34(16-9-11-37-12-10-16)32-24(18)17-5-4-6-21(23(17)28)33-38(35,36)22-13-15(26)7-8-19(22)27/h3-8,13-14,16,33H,2,9-12H2,1H3,(H2,29,31). The lowest BCUT2D eigenvalue weighted by molar-refractivity contribution is 0.0663. The van der Waals surface area contributed by atoms with Gasteiger partial charge in [-0.25, -0.2) is 31.6 Å². The molecule has 0 unspecified atom stereocenters. The molecule has 0 spiro atoms. The van der Waals surface area contributed by atoms with Crippen molar-refractivity contribution in [3.8, 4) is 11.3 Å². The molecule has 0 atom stereocenters. The van der Waals surface area contributed by atoms with Crippen LogP contribution in [0.5, 0.6) is 0 Å². The number of aliphatic imine (C=N–C) groups is 2. The van der Waals surface area contributed by atoms with Crippen LogP contribution in [0, 0.1) is 17.5 Å². The fourth-order valence-corrected chi connectivity index (χ4v) is 5.18. The molecule has 0 aliphatic carbocycles. The van der Waals surface area contributed by atoms with E-state index in [0.29, 0.717) is 49.4 Å². The number of guanidine groups is 1. The van der Waals surface area contributed by atoms with Crippen LogP contribution in [0.25, 0.3) is 17.0 Å². The van der Waals surface area contributed by atoms with Crippen molar-refractivity contribution in [2.45, 2.75) is 30.7 Å². The first-order valence-electron chi connectivity index (χ1n) is 11.6. The molecule has 38 heavy (non-hydrogen) atoms. The largest absolute Gasteiger partial charge is 0.381 e. The molecule has 3 aromatic rings. The number of nitrogens with zero attached hydrogens (tertiary/aromatic N) is 4. The second-order valence-corrected chi connectivity index (χ2v) is 10.0. The highest BCUT2D eigenvalue weighted by Crippen LogP contribution is 2.35. The summed E-state index contributed by atoms with van der Waals surface area (Å²) in [7, 11) is -4.66. The van der Waals surface area contributed by atoms with Crippen molar-refractivity contribution in [2.24, 2.45) is 15.7 Å². The average molecular weight is 547 g/mol. The van der Waals surface area contributed by atoms with E-state index in [1.54, 1.807) is 23.9 Å². The summed E-state index contributed by atoms with van der Waals surface area (Å²) in [5, 5.41) is 4.63. The van der Waals surface area contributed by atoms with Crippen LogP contribution >= 0.6 is 0 Å². The lowest BCUT2D eigenvalue weighted by Crippen LogP contribution is -2.20. The van der Waals surface area contributed by atoms with E-state index >= 15 is 4.39 Å². The van der Waals surface area contributed by atoms with Gasteiger partial charge in [-0.05, 0) is 56.8 Å². The molecule has 2 aromatic carbocycles. The van der Waals surface area contributed by atoms with Crippen molar-refractivity contribution in [3.05, 3.63) is 71.7 Å². The van der Waals surface area contributed by atoms with Crippen LogP contribution in [0.15, 0.2) is 63.6 Å². The number of anilines is 1. The lowest BCUT2D eigenvalue weighted by atomic mass is 10.0. The van der Waals surface area contributed by atoms with Gasteiger partial charge in [-0.1, -0.05) is 12.1 Å². The highest BCUT2D eigenvalue weighted by atomic mass is 32.2. The van der Waals surface area contributed by atoms with Gasteiger partial charge < -0.3 is 10.5 Å². The van der Waals surface area contributed by atoms with Gasteiger partial charge in [0.2, 0.25) is 5.96 Å². The van der Waals surface area contributed by atoms with E-state index < -0.39 is 38.1 Å². The molecule has 3 N–H and O–H groups in total. The topological polar surface area (TPSA) is 124 Å². The van der Waals surface area contributed by atoms with Crippen LogP contribution < -0.4 is 10.5 Å². The Labute approximate surface area is 217 Å². The molecule has 0 amide bonds. The van der Waals surface area contributed by atoms with E-state index in [9.17, 15) is 17.2 Å². The number of nitrogens with one attached hydrogen (secondary N) is 1. The molecule has 1 aliphatic rings. The van der Waals surface area contributed by atoms with Crippen LogP contribution in [0.3, 0.4) is 0 Å². The van der Waals surface area contributed by atoms with Crippen LogP contribution in [0.1, 0.15) is 31.4 Å². The van der Waals surface area contributed by atoms with Gasteiger partial charge in [-0.2, -0.15) is 5.10 Å². The lowest BCUT2D eigenvalue weighted by Gasteiger charge is -2.22. The number of rotatable bonds is 7. The smallest absolute Gasteiger partial charge is 0.265 e. The van der Waals surface area contributed by atoms with Gasteiger partial charge in [-0.15, -0.1) is 0 Å². The maximum Gasteiger partial charge on any atom is 0.265 e. The van der Waals surface area contributed by atoms with Gasteiger partial charge in [0.15, 0.2) is 5.82 Å². The van der Waals surface area contributed by atoms with Crippen molar-refractivity contribution < 1.29 is 26.3 Å². The van der Waals surface area contributed by atoms with Crippen molar-refractivity contribution in [3.63, 3.8) is 0 Å². The van der Waals surface area contributed by atoms with Gasteiger partial charge in [0.1, 0.15) is 22.2 Å². The summed E-state index contributed by atoms with van der Waals surface area (Å²) in [6, 6.07) is 5.94. The highest BCUT2D eigenvalue weighted by Gasteiger charge is 2.26. The molecular formula is C25H25F3N6O3S. The third-order valence-corrected chi connectivity index (χ3v) is 7.30. The molecule has 13 heteroatoms. The number of aromatic nitrogens is 2. The number of hydrogen-bond acceptors (Lipinski definition) is 5. The van der Waals surface area contributed by atoms with Crippen molar-refractivity contribution in [2.75, 3.05) is 17.9 Å². The normalized spacial score (nSPS) is 15.5. The summed E-state index contributed by atoms with van der Waals surface area (Å²) in [6.45, 7) is 6.14. The summed E-state index contributed by atoms with van der Waals surface area (Å²) in [5.41, 5.74) is 6.16. The molecule has 0 bridgehead atoms. The van der Waals surface area contributed by atoms with Crippen molar-refractivity contribution in [1.82, 2.24) is 9.78 Å². The highest BCUT2D eigenvalue weighted by molar-refractivity contribution is 7.92. The zero-order chi connectivity index (χ0) is 27.4. The summed E-state index contributed by atoms with van der Waals surface area (Å²) >= 11 is 0. The second-order valence-electron chi connectivity index (χ2n) is 8.36. The van der Waals surface area contributed by atoms with E-state index in [4.69, 9.17) is 10.5 Å². The molecular weight excluding hydrogens is 521 g/mol. The monoisotopic (exact) mass is 546 g/mol. The summed E-state index contributed by atoms with van der Waals surface area (Å²) in [5.74, 6) is -3.23. The van der Waals surface area contributed by atoms with Crippen LogP contribution in [0.2, 0.25) is 0 Å². The number of hydrogen-bond donors (Lipinski definition) is 2. The average Bonchev–Trinajstić information content (AvgIpc) is 3.35. The Morgan fingerprint density at radius 1 is 1.24 bits per heavy atom. The minimum atomic E-state index is -4.66. The minimum Gasteiger partial charge on any atom is -0.381 e. The van der Waals surface area contributed by atoms with E-state index in [-0.39, 0.29) is 23.3 Å². The second kappa shape index (κ2) is 11.2. The molecule has 200 valence electrons. The number of benzene rings is 2. The number of nitrogens with two attached hydrogens (primary N) is 1. The molecule has 4 rings (SSSR count). The maximum absolute atomic E-state index is 15.8. The van der Waals surface area contributed by atoms with Crippen molar-refractivity contribution in [1.29, 1.82) is 0 Å². The fourth-order valence-electron chi connectivity index (χ4n) is 4.03. The number of allylic oxidation sites excluding steroid dienone is 1. The predicted molar refractivity (Wildman–Crippen MR) is 139 cm³/mol. The van der Waals surface area contributed by atoms with Crippen LogP contribution in [0.4, 0.5) is 18.9 Å². The predicted octanol–water partition coefficient (Wildman–Crippen LogP) is 4.50. The Bertz CT molecular complexity index is 1530. The first-order chi connectivity index (χ1) is 18.1. The third-order valence-electron chi connectivity index (χ3n) is 5.92. The first-order valence-corrected chi connectivity index (χ1v) is 13.0. The quantitative estimate of drug-likeness (QED) is 0.334. The fraction of sp³-hybridized carbons (Fsp3) is 0.240. The zero-order valence-electron chi connectivity index (χ0n) is 20.4. The SMILES string of the molecule is C=NC(N)=NC(=CC)c1cn(C2CCOCC2)nc1-c1cccc(NS(=O)(=O)c2cc(F)ccc2F)c1F. The maximum atomic E-state index is 15.8. The third kappa shape index (κ3) is 5.63. The van der Waals surface area contributed by atoms with Crippen LogP contribution in [-0.2, 0) is 14.8 Å². The molecule has 0 radical (unpaired) electrons. The molecule has 0 saturated carbocycles. The van der Waals surface area contributed by atoms with Gasteiger partial charge >= 0.3 is 0 Å². The summed E-state index contributed by atoms with van der Waals surface area (Å²) < 4.78 is 78.3. The number of halogens is 3. The molecule has 9 nitrogen and oxygen atoms in total. The Kier molecular flexibility index (Phi) is 7.97. The Morgan fingerprint density at radius 3 is 2.66 bits per heavy atom. The Hall–Kier alpha value is -3.97.